The number of carbonyl (C=O) groups is 1. The molecule has 84 valence electrons. The maximum atomic E-state index is 10.7. The van der Waals surface area contributed by atoms with Crippen molar-refractivity contribution < 1.29 is 14.3 Å². The number of carboxylic acid groups (broad SMARTS) is 1. The molecule has 1 aromatic carbocycles. The van der Waals surface area contributed by atoms with Crippen molar-refractivity contribution in [2.45, 2.75) is 13.5 Å². The van der Waals surface area contributed by atoms with Crippen molar-refractivity contribution in [2.75, 3.05) is 7.05 Å². The highest BCUT2D eigenvalue weighted by Crippen LogP contribution is 2.17. The molecule has 0 saturated heterocycles. The van der Waals surface area contributed by atoms with Gasteiger partial charge < -0.3 is 14.4 Å². The highest BCUT2D eigenvalue weighted by atomic mass is 16.4. The number of rotatable bonds is 2. The SMILES string of the molecule is Cc1nc2cc(CN(C)C(=O)O)ccc2o1. The summed E-state index contributed by atoms with van der Waals surface area (Å²) in [5.74, 6) is 0.610. The quantitative estimate of drug-likeness (QED) is 0.842. The average Bonchev–Trinajstić information content (AvgIpc) is 2.57. The van der Waals surface area contributed by atoms with Crippen molar-refractivity contribution in [2.24, 2.45) is 0 Å². The third-order valence-corrected chi connectivity index (χ3v) is 2.31. The smallest absolute Gasteiger partial charge is 0.407 e. The maximum absolute atomic E-state index is 10.7. The molecule has 2 rings (SSSR count). The van der Waals surface area contributed by atoms with Crippen molar-refractivity contribution in [3.63, 3.8) is 0 Å². The van der Waals surface area contributed by atoms with Gasteiger partial charge in [-0.05, 0) is 17.7 Å². The van der Waals surface area contributed by atoms with Crippen LogP contribution in [0.4, 0.5) is 4.79 Å². The molecule has 16 heavy (non-hydrogen) atoms. The summed E-state index contributed by atoms with van der Waals surface area (Å²) in [5, 5.41) is 8.75. The molecule has 0 radical (unpaired) electrons. The molecular formula is C11H12N2O3. The fourth-order valence-electron chi connectivity index (χ4n) is 1.53. The molecule has 0 atom stereocenters. The second kappa shape index (κ2) is 3.84. The van der Waals surface area contributed by atoms with Crippen molar-refractivity contribution in [1.82, 2.24) is 9.88 Å². The molecule has 5 heteroatoms. The summed E-state index contributed by atoms with van der Waals surface area (Å²) in [6, 6.07) is 5.48. The molecule has 1 amide bonds. The van der Waals surface area contributed by atoms with E-state index >= 15 is 0 Å². The lowest BCUT2D eigenvalue weighted by atomic mass is 10.2. The van der Waals surface area contributed by atoms with Crippen molar-refractivity contribution in [3.05, 3.63) is 29.7 Å². The Morgan fingerprint density at radius 3 is 3.00 bits per heavy atom. The lowest BCUT2D eigenvalue weighted by Crippen LogP contribution is -2.23. The largest absolute Gasteiger partial charge is 0.465 e. The Kier molecular flexibility index (Phi) is 2.52. The fourth-order valence-corrected chi connectivity index (χ4v) is 1.53. The molecule has 1 aromatic heterocycles. The zero-order valence-electron chi connectivity index (χ0n) is 9.10. The Bertz CT molecular complexity index is 533. The fraction of sp³-hybridized carbons (Fsp3) is 0.273. The van der Waals surface area contributed by atoms with E-state index in [0.29, 0.717) is 12.4 Å². The number of aromatic nitrogens is 1. The minimum atomic E-state index is -0.948. The standard InChI is InChI=1S/C11H12N2O3/c1-7-12-9-5-8(3-4-10(9)16-7)6-13(2)11(14)15/h3-5H,6H2,1-2H3,(H,14,15). The Labute approximate surface area is 92.3 Å². The molecule has 0 bridgehead atoms. The predicted molar refractivity (Wildman–Crippen MR) is 58.2 cm³/mol. The van der Waals surface area contributed by atoms with Gasteiger partial charge in [-0.3, -0.25) is 0 Å². The number of hydrogen-bond acceptors (Lipinski definition) is 3. The second-order valence-electron chi connectivity index (χ2n) is 3.67. The molecule has 0 aliphatic carbocycles. The van der Waals surface area contributed by atoms with Gasteiger partial charge in [-0.1, -0.05) is 6.07 Å². The van der Waals surface area contributed by atoms with E-state index in [0.717, 1.165) is 16.7 Å². The molecule has 1 N–H and O–H groups in total. The Balaban J connectivity index is 2.28. The van der Waals surface area contributed by atoms with Gasteiger partial charge >= 0.3 is 6.09 Å². The summed E-state index contributed by atoms with van der Waals surface area (Å²) in [7, 11) is 1.53. The number of oxazole rings is 1. The van der Waals surface area contributed by atoms with E-state index in [-0.39, 0.29) is 0 Å². The van der Waals surface area contributed by atoms with E-state index in [1.807, 2.05) is 12.1 Å². The Hall–Kier alpha value is -2.04. The number of fused-ring (bicyclic) bond motifs is 1. The van der Waals surface area contributed by atoms with Crippen LogP contribution in [0.3, 0.4) is 0 Å². The van der Waals surface area contributed by atoms with Crippen LogP contribution in [-0.2, 0) is 6.54 Å². The first kappa shape index (κ1) is 10.5. The van der Waals surface area contributed by atoms with Gasteiger partial charge in [0.1, 0.15) is 5.52 Å². The molecule has 0 aliphatic heterocycles. The Morgan fingerprint density at radius 1 is 1.56 bits per heavy atom. The van der Waals surface area contributed by atoms with E-state index in [1.54, 1.807) is 13.0 Å². The summed E-state index contributed by atoms with van der Waals surface area (Å²) >= 11 is 0. The molecular weight excluding hydrogens is 208 g/mol. The van der Waals surface area contributed by atoms with E-state index in [4.69, 9.17) is 9.52 Å². The average molecular weight is 220 g/mol. The predicted octanol–water partition coefficient (Wildman–Crippen LogP) is 2.25. The minimum Gasteiger partial charge on any atom is -0.465 e. The van der Waals surface area contributed by atoms with Crippen molar-refractivity contribution in [1.29, 1.82) is 0 Å². The first-order chi connectivity index (χ1) is 7.56. The van der Waals surface area contributed by atoms with Gasteiger partial charge in [-0.25, -0.2) is 9.78 Å². The van der Waals surface area contributed by atoms with Gasteiger partial charge in [0.2, 0.25) is 0 Å². The van der Waals surface area contributed by atoms with E-state index in [2.05, 4.69) is 4.98 Å². The van der Waals surface area contributed by atoms with Crippen LogP contribution in [0.5, 0.6) is 0 Å². The van der Waals surface area contributed by atoms with Crippen molar-refractivity contribution in [3.8, 4) is 0 Å². The molecule has 1 heterocycles. The van der Waals surface area contributed by atoms with Crippen LogP contribution in [0.2, 0.25) is 0 Å². The zero-order valence-corrected chi connectivity index (χ0v) is 9.10. The topological polar surface area (TPSA) is 66.6 Å². The van der Waals surface area contributed by atoms with E-state index in [1.165, 1.54) is 11.9 Å². The molecule has 5 nitrogen and oxygen atoms in total. The number of aryl methyl sites for hydroxylation is 1. The Morgan fingerprint density at radius 2 is 2.31 bits per heavy atom. The highest BCUT2D eigenvalue weighted by Gasteiger charge is 2.08. The molecule has 0 aliphatic rings. The lowest BCUT2D eigenvalue weighted by molar-refractivity contribution is 0.154. The molecule has 2 aromatic rings. The van der Waals surface area contributed by atoms with Crippen LogP contribution in [0.1, 0.15) is 11.5 Å². The number of nitrogens with zero attached hydrogens (tertiary/aromatic N) is 2. The number of amides is 1. The normalized spacial score (nSPS) is 10.6. The van der Waals surface area contributed by atoms with Crippen LogP contribution in [-0.4, -0.2) is 28.1 Å². The third kappa shape index (κ3) is 1.98. The number of benzene rings is 1. The minimum absolute atomic E-state index is 0.344. The van der Waals surface area contributed by atoms with E-state index < -0.39 is 6.09 Å². The molecule has 0 saturated carbocycles. The van der Waals surface area contributed by atoms with Crippen molar-refractivity contribution >= 4 is 17.2 Å². The third-order valence-electron chi connectivity index (χ3n) is 2.31. The van der Waals surface area contributed by atoms with E-state index in [9.17, 15) is 4.79 Å². The number of hydrogen-bond donors (Lipinski definition) is 1. The highest BCUT2D eigenvalue weighted by molar-refractivity contribution is 5.73. The van der Waals surface area contributed by atoms with Gasteiger partial charge in [0, 0.05) is 20.5 Å². The molecule has 0 unspecified atom stereocenters. The van der Waals surface area contributed by atoms with Gasteiger partial charge in [0.25, 0.3) is 0 Å². The maximum Gasteiger partial charge on any atom is 0.407 e. The monoisotopic (exact) mass is 220 g/mol. The summed E-state index contributed by atoms with van der Waals surface area (Å²) in [5.41, 5.74) is 2.37. The molecule has 0 spiro atoms. The van der Waals surface area contributed by atoms with Gasteiger partial charge in [-0.15, -0.1) is 0 Å². The van der Waals surface area contributed by atoms with Gasteiger partial charge in [0.15, 0.2) is 11.5 Å². The zero-order chi connectivity index (χ0) is 11.7. The first-order valence-corrected chi connectivity index (χ1v) is 4.86. The van der Waals surface area contributed by atoms with Crippen LogP contribution in [0, 0.1) is 6.92 Å². The van der Waals surface area contributed by atoms with Crippen LogP contribution < -0.4 is 0 Å². The summed E-state index contributed by atoms with van der Waals surface area (Å²) in [6.07, 6.45) is -0.948. The summed E-state index contributed by atoms with van der Waals surface area (Å²) < 4.78 is 5.33. The second-order valence-corrected chi connectivity index (χ2v) is 3.67. The molecule has 0 fully saturated rings. The van der Waals surface area contributed by atoms with Crippen LogP contribution in [0.25, 0.3) is 11.1 Å². The lowest BCUT2D eigenvalue weighted by Gasteiger charge is -2.12. The summed E-state index contributed by atoms with van der Waals surface area (Å²) in [4.78, 5) is 16.1. The summed E-state index contributed by atoms with van der Waals surface area (Å²) in [6.45, 7) is 2.13. The van der Waals surface area contributed by atoms with Gasteiger partial charge in [0.05, 0.1) is 0 Å². The van der Waals surface area contributed by atoms with Crippen LogP contribution in [0.15, 0.2) is 22.6 Å². The van der Waals surface area contributed by atoms with Gasteiger partial charge in [-0.2, -0.15) is 0 Å². The first-order valence-electron chi connectivity index (χ1n) is 4.86. The van der Waals surface area contributed by atoms with Crippen LogP contribution >= 0.6 is 0 Å².